The molecule has 0 radical (unpaired) electrons. The van der Waals surface area contributed by atoms with Gasteiger partial charge in [0.25, 0.3) is 0 Å². The van der Waals surface area contributed by atoms with Gasteiger partial charge in [-0.2, -0.15) is 0 Å². The Morgan fingerprint density at radius 3 is 2.79 bits per heavy atom. The van der Waals surface area contributed by atoms with Crippen LogP contribution in [0, 0.1) is 12.7 Å². The van der Waals surface area contributed by atoms with Gasteiger partial charge in [-0.1, -0.05) is 6.07 Å². The van der Waals surface area contributed by atoms with Gasteiger partial charge >= 0.3 is 0 Å². The zero-order valence-corrected chi connectivity index (χ0v) is 10.9. The van der Waals surface area contributed by atoms with Crippen LogP contribution in [-0.4, -0.2) is 12.1 Å². The highest BCUT2D eigenvalue weighted by Crippen LogP contribution is 2.30. The Bertz CT molecular complexity index is 574. The summed E-state index contributed by atoms with van der Waals surface area (Å²) in [4.78, 5) is 4.31. The molecule has 1 atom stereocenters. The maximum absolute atomic E-state index is 13.5. The summed E-state index contributed by atoms with van der Waals surface area (Å²) in [7, 11) is 1.54. The zero-order valence-electron chi connectivity index (χ0n) is 10.9. The van der Waals surface area contributed by atoms with Crippen molar-refractivity contribution < 1.29 is 9.13 Å². The van der Waals surface area contributed by atoms with E-state index in [2.05, 4.69) is 10.4 Å². The number of nitrogens with zero attached hydrogens (tertiary/aromatic N) is 1. The van der Waals surface area contributed by atoms with Gasteiger partial charge < -0.3 is 4.74 Å². The first-order valence-corrected chi connectivity index (χ1v) is 5.88. The summed E-state index contributed by atoms with van der Waals surface area (Å²) in [5.41, 5.74) is 5.00. The Kier molecular flexibility index (Phi) is 4.09. The number of hydrogen-bond donors (Lipinski definition) is 2. The second-order valence-corrected chi connectivity index (χ2v) is 4.19. The number of nitrogens with two attached hydrogens (primary N) is 1. The lowest BCUT2D eigenvalue weighted by Gasteiger charge is -2.20. The number of benzene rings is 1. The Labute approximate surface area is 111 Å². The molecule has 1 aromatic carbocycles. The van der Waals surface area contributed by atoms with Crippen LogP contribution in [0.2, 0.25) is 0 Å². The minimum Gasteiger partial charge on any atom is -0.496 e. The van der Waals surface area contributed by atoms with E-state index in [0.29, 0.717) is 11.3 Å². The van der Waals surface area contributed by atoms with E-state index >= 15 is 0 Å². The number of ether oxygens (including phenoxy) is 1. The average molecular weight is 261 g/mol. The summed E-state index contributed by atoms with van der Waals surface area (Å²) < 4.78 is 18.7. The number of hydrazine groups is 1. The average Bonchev–Trinajstić information content (AvgIpc) is 2.42. The number of pyridine rings is 1. The number of aromatic nitrogens is 1. The number of rotatable bonds is 4. The molecule has 0 saturated carbocycles. The van der Waals surface area contributed by atoms with Crippen LogP contribution in [0.4, 0.5) is 4.39 Å². The third-order valence-electron chi connectivity index (χ3n) is 2.99. The quantitative estimate of drug-likeness (QED) is 0.653. The maximum Gasteiger partial charge on any atom is 0.124 e. The van der Waals surface area contributed by atoms with E-state index in [4.69, 9.17) is 10.6 Å². The number of aryl methyl sites for hydroxylation is 1. The summed E-state index contributed by atoms with van der Waals surface area (Å²) in [6, 6.07) is 7.67. The molecule has 2 rings (SSSR count). The summed E-state index contributed by atoms with van der Waals surface area (Å²) >= 11 is 0. The molecule has 0 fully saturated rings. The molecule has 4 nitrogen and oxygen atoms in total. The van der Waals surface area contributed by atoms with Crippen LogP contribution in [-0.2, 0) is 0 Å². The predicted molar refractivity (Wildman–Crippen MR) is 71.1 cm³/mol. The van der Waals surface area contributed by atoms with Gasteiger partial charge in [-0.15, -0.1) is 0 Å². The Hall–Kier alpha value is -1.98. The topological polar surface area (TPSA) is 60.2 Å². The second-order valence-electron chi connectivity index (χ2n) is 4.19. The zero-order chi connectivity index (χ0) is 13.8. The highest BCUT2D eigenvalue weighted by Gasteiger charge is 2.20. The van der Waals surface area contributed by atoms with E-state index < -0.39 is 6.04 Å². The Morgan fingerprint density at radius 2 is 2.16 bits per heavy atom. The van der Waals surface area contributed by atoms with Crippen molar-refractivity contribution in [2.45, 2.75) is 13.0 Å². The van der Waals surface area contributed by atoms with Gasteiger partial charge in [0.1, 0.15) is 11.6 Å². The normalized spacial score (nSPS) is 12.2. The van der Waals surface area contributed by atoms with Crippen LogP contribution < -0.4 is 16.0 Å². The maximum atomic E-state index is 13.5. The first-order valence-electron chi connectivity index (χ1n) is 5.88. The third-order valence-corrected chi connectivity index (χ3v) is 2.99. The highest BCUT2D eigenvalue weighted by atomic mass is 19.1. The molecule has 100 valence electrons. The molecule has 2 aromatic rings. The van der Waals surface area contributed by atoms with Crippen LogP contribution >= 0.6 is 0 Å². The van der Waals surface area contributed by atoms with Crippen molar-refractivity contribution in [3.8, 4) is 5.75 Å². The SMILES string of the molecule is COc1ccc(F)cc1C(NN)c1ncccc1C. The number of halogens is 1. The lowest BCUT2D eigenvalue weighted by Crippen LogP contribution is -2.30. The lowest BCUT2D eigenvalue weighted by atomic mass is 9.99. The van der Waals surface area contributed by atoms with Crippen LogP contribution in [0.15, 0.2) is 36.5 Å². The Balaban J connectivity index is 2.54. The third kappa shape index (κ3) is 2.72. The summed E-state index contributed by atoms with van der Waals surface area (Å²) in [6.45, 7) is 1.93. The van der Waals surface area contributed by atoms with Crippen molar-refractivity contribution in [1.82, 2.24) is 10.4 Å². The summed E-state index contributed by atoms with van der Waals surface area (Å²) in [6.07, 6.45) is 1.68. The standard InChI is InChI=1S/C14H16FN3O/c1-9-4-3-7-17-13(9)14(18-16)11-8-10(15)5-6-12(11)19-2/h3-8,14,18H,16H2,1-2H3. The molecule has 5 heteroatoms. The van der Waals surface area contributed by atoms with Crippen molar-refractivity contribution in [1.29, 1.82) is 0 Å². The lowest BCUT2D eigenvalue weighted by molar-refractivity contribution is 0.402. The van der Waals surface area contributed by atoms with Crippen molar-refractivity contribution in [3.05, 3.63) is 59.2 Å². The molecule has 3 N–H and O–H groups in total. The van der Waals surface area contributed by atoms with Crippen molar-refractivity contribution in [2.75, 3.05) is 7.11 Å². The second kappa shape index (κ2) is 5.77. The van der Waals surface area contributed by atoms with Gasteiger partial charge in [0, 0.05) is 11.8 Å². The molecule has 0 saturated heterocycles. The van der Waals surface area contributed by atoms with E-state index in [1.165, 1.54) is 19.2 Å². The minimum absolute atomic E-state index is 0.343. The van der Waals surface area contributed by atoms with Gasteiger partial charge in [-0.3, -0.25) is 10.8 Å². The van der Waals surface area contributed by atoms with E-state index in [0.717, 1.165) is 11.3 Å². The molecule has 0 aliphatic rings. The molecule has 0 bridgehead atoms. The van der Waals surface area contributed by atoms with Gasteiger partial charge in [0.2, 0.25) is 0 Å². The van der Waals surface area contributed by atoms with E-state index in [-0.39, 0.29) is 5.82 Å². The molecule has 0 aliphatic heterocycles. The van der Waals surface area contributed by atoms with E-state index in [9.17, 15) is 4.39 Å². The van der Waals surface area contributed by atoms with Crippen LogP contribution in [0.5, 0.6) is 5.75 Å². The molecule has 1 heterocycles. The van der Waals surface area contributed by atoms with Gasteiger partial charge in [0.15, 0.2) is 0 Å². The molecule has 0 spiro atoms. The van der Waals surface area contributed by atoms with Gasteiger partial charge in [0.05, 0.1) is 18.8 Å². The Morgan fingerprint density at radius 1 is 1.37 bits per heavy atom. The number of nitrogens with one attached hydrogen (secondary N) is 1. The highest BCUT2D eigenvalue weighted by molar-refractivity contribution is 5.41. The van der Waals surface area contributed by atoms with Gasteiger partial charge in [-0.25, -0.2) is 9.82 Å². The van der Waals surface area contributed by atoms with Crippen molar-refractivity contribution in [3.63, 3.8) is 0 Å². The van der Waals surface area contributed by atoms with Crippen LogP contribution in [0.3, 0.4) is 0 Å². The molecule has 0 amide bonds. The smallest absolute Gasteiger partial charge is 0.124 e. The van der Waals surface area contributed by atoms with Crippen molar-refractivity contribution in [2.24, 2.45) is 5.84 Å². The van der Waals surface area contributed by atoms with Crippen molar-refractivity contribution >= 4 is 0 Å². The summed E-state index contributed by atoms with van der Waals surface area (Å²) in [5.74, 6) is 5.83. The van der Waals surface area contributed by atoms with E-state index in [1.807, 2.05) is 19.1 Å². The monoisotopic (exact) mass is 261 g/mol. The predicted octanol–water partition coefficient (Wildman–Crippen LogP) is 2.09. The van der Waals surface area contributed by atoms with E-state index in [1.54, 1.807) is 12.3 Å². The fourth-order valence-electron chi connectivity index (χ4n) is 2.05. The molecular formula is C14H16FN3O. The largest absolute Gasteiger partial charge is 0.496 e. The molecule has 19 heavy (non-hydrogen) atoms. The number of methoxy groups -OCH3 is 1. The first-order chi connectivity index (χ1) is 9.17. The summed E-state index contributed by atoms with van der Waals surface area (Å²) in [5, 5.41) is 0. The molecule has 1 unspecified atom stereocenters. The molecular weight excluding hydrogens is 245 g/mol. The number of hydrogen-bond acceptors (Lipinski definition) is 4. The van der Waals surface area contributed by atoms with Crippen LogP contribution in [0.25, 0.3) is 0 Å². The fourth-order valence-corrected chi connectivity index (χ4v) is 2.05. The molecule has 0 aliphatic carbocycles. The fraction of sp³-hybridized carbons (Fsp3) is 0.214. The minimum atomic E-state index is -0.424. The first kappa shape index (κ1) is 13.5. The molecule has 1 aromatic heterocycles. The van der Waals surface area contributed by atoms with Gasteiger partial charge in [-0.05, 0) is 36.8 Å². The van der Waals surface area contributed by atoms with Crippen LogP contribution in [0.1, 0.15) is 22.9 Å².